The highest BCUT2D eigenvalue weighted by molar-refractivity contribution is 6.32. The van der Waals surface area contributed by atoms with Crippen molar-refractivity contribution >= 4 is 28.5 Å². The van der Waals surface area contributed by atoms with E-state index in [2.05, 4.69) is 0 Å². The van der Waals surface area contributed by atoms with Crippen LogP contribution in [-0.4, -0.2) is 5.97 Å². The average Bonchev–Trinajstić information content (AvgIpc) is 3.15. The fourth-order valence-corrected chi connectivity index (χ4v) is 2.54. The zero-order valence-electron chi connectivity index (χ0n) is 11.8. The number of fused-ring (bicyclic) bond motifs is 1. The van der Waals surface area contributed by atoms with Gasteiger partial charge in [0.2, 0.25) is 0 Å². The number of esters is 1. The number of benzene rings is 1. The maximum absolute atomic E-state index is 11.8. The maximum atomic E-state index is 11.8. The van der Waals surface area contributed by atoms with Crippen LogP contribution in [0.3, 0.4) is 0 Å². The molecule has 1 aliphatic carbocycles. The van der Waals surface area contributed by atoms with E-state index >= 15 is 0 Å². The van der Waals surface area contributed by atoms with Crippen molar-refractivity contribution in [3.05, 3.63) is 44.8 Å². The molecule has 3 rings (SSSR count). The predicted molar refractivity (Wildman–Crippen MR) is 79.3 cm³/mol. The van der Waals surface area contributed by atoms with E-state index in [4.69, 9.17) is 20.8 Å². The van der Waals surface area contributed by atoms with Gasteiger partial charge in [-0.3, -0.25) is 4.79 Å². The molecule has 0 saturated heterocycles. The summed E-state index contributed by atoms with van der Waals surface area (Å²) in [6.07, 6.45) is 0.877. The lowest BCUT2D eigenvalue weighted by Crippen LogP contribution is -2.09. The van der Waals surface area contributed by atoms with Crippen LogP contribution in [0.5, 0.6) is 0 Å². The van der Waals surface area contributed by atoms with Crippen molar-refractivity contribution in [3.8, 4) is 0 Å². The van der Waals surface area contributed by atoms with E-state index in [1.165, 1.54) is 6.07 Å². The van der Waals surface area contributed by atoms with E-state index in [0.717, 1.165) is 12.0 Å². The second-order valence-electron chi connectivity index (χ2n) is 5.62. The van der Waals surface area contributed by atoms with Gasteiger partial charge in [0.1, 0.15) is 12.2 Å². The third kappa shape index (κ3) is 2.81. The minimum atomic E-state index is -0.463. The number of hydrogen-bond acceptors (Lipinski definition) is 4. The van der Waals surface area contributed by atoms with Crippen LogP contribution in [0.2, 0.25) is 5.02 Å². The van der Waals surface area contributed by atoms with Crippen LogP contribution in [0.25, 0.3) is 11.0 Å². The van der Waals surface area contributed by atoms with Gasteiger partial charge >= 0.3 is 11.6 Å². The molecule has 0 amide bonds. The van der Waals surface area contributed by atoms with E-state index in [1.54, 1.807) is 12.1 Å². The Balaban J connectivity index is 1.92. The Kier molecular flexibility index (Phi) is 3.49. The van der Waals surface area contributed by atoms with Crippen molar-refractivity contribution < 1.29 is 13.9 Å². The van der Waals surface area contributed by atoms with Gasteiger partial charge in [0, 0.05) is 22.0 Å². The molecule has 1 saturated carbocycles. The quantitative estimate of drug-likeness (QED) is 0.644. The number of rotatable bonds is 3. The van der Waals surface area contributed by atoms with Crippen molar-refractivity contribution in [2.45, 2.75) is 26.9 Å². The van der Waals surface area contributed by atoms with Crippen molar-refractivity contribution in [1.29, 1.82) is 0 Å². The van der Waals surface area contributed by atoms with Crippen molar-refractivity contribution in [2.24, 2.45) is 11.8 Å². The van der Waals surface area contributed by atoms with Crippen molar-refractivity contribution in [3.63, 3.8) is 0 Å². The highest BCUT2D eigenvalue weighted by atomic mass is 35.5. The number of halogens is 1. The van der Waals surface area contributed by atoms with Crippen LogP contribution in [0, 0.1) is 18.8 Å². The summed E-state index contributed by atoms with van der Waals surface area (Å²) in [5, 5.41) is 1.28. The highest BCUT2D eigenvalue weighted by Crippen LogP contribution is 2.38. The smallest absolute Gasteiger partial charge is 0.336 e. The number of hydrogen-bond donors (Lipinski definition) is 0. The molecule has 1 aromatic heterocycles. The first-order valence-electron chi connectivity index (χ1n) is 6.85. The maximum Gasteiger partial charge on any atom is 0.336 e. The summed E-state index contributed by atoms with van der Waals surface area (Å²) in [5.74, 6) is 0.191. The lowest BCUT2D eigenvalue weighted by molar-refractivity contribution is -0.146. The average molecular weight is 307 g/mol. The molecule has 0 radical (unpaired) electrons. The number of ether oxygens (including phenoxy) is 1. The molecule has 0 bridgehead atoms. The summed E-state index contributed by atoms with van der Waals surface area (Å²) in [6, 6.07) is 4.79. The summed E-state index contributed by atoms with van der Waals surface area (Å²) in [7, 11) is 0. The van der Waals surface area contributed by atoms with Gasteiger partial charge in [-0.05, 0) is 37.0 Å². The molecule has 1 fully saturated rings. The Labute approximate surface area is 126 Å². The minimum Gasteiger partial charge on any atom is -0.461 e. The largest absolute Gasteiger partial charge is 0.461 e. The molecule has 1 aromatic carbocycles. The van der Waals surface area contributed by atoms with Crippen LogP contribution in [0.1, 0.15) is 24.5 Å². The summed E-state index contributed by atoms with van der Waals surface area (Å²) in [6.45, 7) is 3.91. The predicted octanol–water partition coefficient (Wildman–Crippen LogP) is 3.45. The second-order valence-corrected chi connectivity index (χ2v) is 6.02. The molecule has 0 spiro atoms. The van der Waals surface area contributed by atoms with E-state index in [-0.39, 0.29) is 18.5 Å². The standard InChI is InChI=1S/C16H15ClO4/c1-8-3-11(8)16(19)20-7-10-5-15(18)21-14-4-9(2)13(17)6-12(10)14/h4-6,8,11H,3,7H2,1-2H3/t8-,11-/m1/s1. The number of carbonyl (C=O) groups is 1. The van der Waals surface area contributed by atoms with Gasteiger partial charge in [-0.2, -0.15) is 0 Å². The summed E-state index contributed by atoms with van der Waals surface area (Å²) < 4.78 is 10.5. The van der Waals surface area contributed by atoms with E-state index in [0.29, 0.717) is 27.5 Å². The topological polar surface area (TPSA) is 56.5 Å². The lowest BCUT2D eigenvalue weighted by atomic mass is 10.1. The summed E-state index contributed by atoms with van der Waals surface area (Å²) >= 11 is 6.11. The van der Waals surface area contributed by atoms with Crippen LogP contribution in [0.4, 0.5) is 0 Å². The number of aryl methyl sites for hydroxylation is 1. The summed E-state index contributed by atoms with van der Waals surface area (Å²) in [5.41, 5.74) is 1.43. The fraction of sp³-hybridized carbons (Fsp3) is 0.375. The van der Waals surface area contributed by atoms with Gasteiger partial charge in [0.25, 0.3) is 0 Å². The Morgan fingerprint density at radius 1 is 1.43 bits per heavy atom. The molecule has 0 N–H and O–H groups in total. The Hall–Kier alpha value is -1.81. The van der Waals surface area contributed by atoms with E-state index in [1.807, 2.05) is 13.8 Å². The van der Waals surface area contributed by atoms with Gasteiger partial charge in [-0.15, -0.1) is 0 Å². The fourth-order valence-electron chi connectivity index (χ4n) is 2.37. The molecular weight excluding hydrogens is 292 g/mol. The normalized spacial score (nSPS) is 20.5. The lowest BCUT2D eigenvalue weighted by Gasteiger charge is -2.08. The molecule has 2 aromatic rings. The van der Waals surface area contributed by atoms with Gasteiger partial charge in [-0.1, -0.05) is 18.5 Å². The molecule has 4 nitrogen and oxygen atoms in total. The first kappa shape index (κ1) is 14.1. The molecule has 21 heavy (non-hydrogen) atoms. The third-order valence-corrected chi connectivity index (χ3v) is 4.30. The zero-order valence-corrected chi connectivity index (χ0v) is 12.6. The Bertz CT molecular complexity index is 778. The number of carbonyl (C=O) groups excluding carboxylic acids is 1. The van der Waals surface area contributed by atoms with Crippen molar-refractivity contribution in [2.75, 3.05) is 0 Å². The SMILES string of the molecule is Cc1cc2oc(=O)cc(COC(=O)[C@@H]3C[C@H]3C)c2cc1Cl. The first-order valence-corrected chi connectivity index (χ1v) is 7.23. The van der Waals surface area contributed by atoms with Crippen molar-refractivity contribution in [1.82, 2.24) is 0 Å². The monoisotopic (exact) mass is 306 g/mol. The molecule has 0 unspecified atom stereocenters. The van der Waals surface area contributed by atoms with E-state index in [9.17, 15) is 9.59 Å². The van der Waals surface area contributed by atoms with Crippen LogP contribution in [0.15, 0.2) is 27.4 Å². The zero-order chi connectivity index (χ0) is 15.1. The van der Waals surface area contributed by atoms with Crippen LogP contribution >= 0.6 is 11.6 Å². The third-order valence-electron chi connectivity index (χ3n) is 3.89. The molecule has 0 aliphatic heterocycles. The van der Waals surface area contributed by atoms with Gasteiger partial charge in [0.05, 0.1) is 5.92 Å². The summed E-state index contributed by atoms with van der Waals surface area (Å²) in [4.78, 5) is 23.4. The molecular formula is C16H15ClO4. The van der Waals surface area contributed by atoms with Crippen LogP contribution in [-0.2, 0) is 16.1 Å². The van der Waals surface area contributed by atoms with Gasteiger partial charge in [-0.25, -0.2) is 4.79 Å². The van der Waals surface area contributed by atoms with E-state index < -0.39 is 5.63 Å². The Morgan fingerprint density at radius 2 is 2.14 bits per heavy atom. The Morgan fingerprint density at radius 3 is 2.81 bits per heavy atom. The first-order chi connectivity index (χ1) is 9.95. The molecule has 1 heterocycles. The highest BCUT2D eigenvalue weighted by Gasteiger charge is 2.40. The molecule has 5 heteroatoms. The minimum absolute atomic E-state index is 0.00205. The molecule has 2 atom stereocenters. The van der Waals surface area contributed by atoms with Gasteiger partial charge < -0.3 is 9.15 Å². The van der Waals surface area contributed by atoms with Gasteiger partial charge in [0.15, 0.2) is 0 Å². The molecule has 1 aliphatic rings. The second kappa shape index (κ2) is 5.19. The van der Waals surface area contributed by atoms with Crippen LogP contribution < -0.4 is 5.63 Å². The molecule has 110 valence electrons.